The molecule has 4 rings (SSSR count). The second-order valence-corrected chi connectivity index (χ2v) is 8.09. The zero-order chi connectivity index (χ0) is 21.1. The second kappa shape index (κ2) is 8.71. The first kappa shape index (κ1) is 20.2. The lowest BCUT2D eigenvalue weighted by atomic mass is 10.1. The molecule has 2 aromatic heterocycles. The van der Waals surface area contributed by atoms with Crippen molar-refractivity contribution in [2.24, 2.45) is 0 Å². The van der Waals surface area contributed by atoms with E-state index >= 15 is 0 Å². The van der Waals surface area contributed by atoms with Crippen molar-refractivity contribution in [3.05, 3.63) is 77.6 Å². The Kier molecular flexibility index (Phi) is 5.86. The third-order valence-corrected chi connectivity index (χ3v) is 5.91. The number of aryl methyl sites for hydroxylation is 2. The number of anilines is 1. The van der Waals surface area contributed by atoms with Crippen LogP contribution in [0.4, 0.5) is 5.69 Å². The van der Waals surface area contributed by atoms with E-state index in [1.165, 1.54) is 0 Å². The largest absolute Gasteiger partial charge is 0.326 e. The Morgan fingerprint density at radius 2 is 1.87 bits per heavy atom. The molecule has 6 heteroatoms. The number of thioether (sulfide) groups is 1. The zero-order valence-corrected chi connectivity index (χ0v) is 18.2. The molecular weight excluding hydrogens is 392 g/mol. The summed E-state index contributed by atoms with van der Waals surface area (Å²) < 4.78 is 1.88. The van der Waals surface area contributed by atoms with Crippen molar-refractivity contribution in [3.8, 4) is 11.3 Å². The van der Waals surface area contributed by atoms with Crippen molar-refractivity contribution in [1.82, 2.24) is 14.6 Å². The van der Waals surface area contributed by atoms with Crippen LogP contribution in [0.5, 0.6) is 0 Å². The summed E-state index contributed by atoms with van der Waals surface area (Å²) in [5.74, 6) is -0.00223. The third-order valence-electron chi connectivity index (χ3n) is 5.19. The molecule has 0 saturated heterocycles. The molecular formula is C24H24N4OS. The van der Waals surface area contributed by atoms with E-state index in [1.807, 2.05) is 85.3 Å². The summed E-state index contributed by atoms with van der Waals surface area (Å²) in [5.41, 5.74) is 6.65. The SMILES string of the molecule is CSc1cccc(NC(=O)CCc2c(C)nc3cc(-c4ccccc4)nn3c2C)c1. The van der Waals surface area contributed by atoms with Gasteiger partial charge in [-0.25, -0.2) is 9.50 Å². The van der Waals surface area contributed by atoms with Gasteiger partial charge in [-0.05, 0) is 50.3 Å². The number of hydrogen-bond donors (Lipinski definition) is 1. The van der Waals surface area contributed by atoms with Gasteiger partial charge in [0.25, 0.3) is 0 Å². The molecule has 0 saturated carbocycles. The molecule has 0 aliphatic carbocycles. The maximum Gasteiger partial charge on any atom is 0.224 e. The van der Waals surface area contributed by atoms with E-state index in [1.54, 1.807) is 11.8 Å². The molecule has 1 amide bonds. The van der Waals surface area contributed by atoms with Crippen LogP contribution in [0.3, 0.4) is 0 Å². The van der Waals surface area contributed by atoms with E-state index in [2.05, 4.69) is 5.32 Å². The molecule has 0 aliphatic rings. The predicted octanol–water partition coefficient (Wildman–Crippen LogP) is 5.31. The van der Waals surface area contributed by atoms with E-state index in [0.29, 0.717) is 12.8 Å². The van der Waals surface area contributed by atoms with Gasteiger partial charge in [-0.15, -0.1) is 11.8 Å². The quantitative estimate of drug-likeness (QED) is 0.433. The van der Waals surface area contributed by atoms with Gasteiger partial charge in [-0.2, -0.15) is 5.10 Å². The van der Waals surface area contributed by atoms with E-state index in [4.69, 9.17) is 10.1 Å². The minimum Gasteiger partial charge on any atom is -0.326 e. The molecule has 2 aromatic carbocycles. The third kappa shape index (κ3) is 4.24. The van der Waals surface area contributed by atoms with Crippen LogP contribution >= 0.6 is 11.8 Å². The van der Waals surface area contributed by atoms with Gasteiger partial charge < -0.3 is 5.32 Å². The minimum absolute atomic E-state index is 0.00223. The van der Waals surface area contributed by atoms with E-state index in [0.717, 1.165) is 44.4 Å². The van der Waals surface area contributed by atoms with E-state index < -0.39 is 0 Å². The smallest absolute Gasteiger partial charge is 0.224 e. The van der Waals surface area contributed by atoms with Crippen LogP contribution in [0, 0.1) is 13.8 Å². The highest BCUT2D eigenvalue weighted by atomic mass is 32.2. The monoisotopic (exact) mass is 416 g/mol. The van der Waals surface area contributed by atoms with Crippen molar-refractivity contribution in [2.75, 3.05) is 11.6 Å². The van der Waals surface area contributed by atoms with Gasteiger partial charge in [0.1, 0.15) is 0 Å². The standard InChI is InChI=1S/C24H24N4OS/c1-16-21(12-13-24(29)26-19-10-7-11-20(14-19)30-3)17(2)28-23(25-16)15-22(27-28)18-8-5-4-6-9-18/h4-11,14-15H,12-13H2,1-3H3,(H,26,29). The first-order chi connectivity index (χ1) is 14.5. The molecule has 5 nitrogen and oxygen atoms in total. The summed E-state index contributed by atoms with van der Waals surface area (Å²) in [6, 6.07) is 20.0. The molecule has 152 valence electrons. The lowest BCUT2D eigenvalue weighted by molar-refractivity contribution is -0.116. The number of carbonyl (C=O) groups excluding carboxylic acids is 1. The summed E-state index contributed by atoms with van der Waals surface area (Å²) in [5, 5.41) is 7.74. The fourth-order valence-electron chi connectivity index (χ4n) is 3.60. The molecule has 1 N–H and O–H groups in total. The van der Waals surface area contributed by atoms with Crippen molar-refractivity contribution < 1.29 is 4.79 Å². The summed E-state index contributed by atoms with van der Waals surface area (Å²) in [4.78, 5) is 18.4. The van der Waals surface area contributed by atoms with E-state index in [-0.39, 0.29) is 5.91 Å². The Bertz CT molecular complexity index is 1200. The Morgan fingerprint density at radius 3 is 2.63 bits per heavy atom. The van der Waals surface area contributed by atoms with E-state index in [9.17, 15) is 4.79 Å². The van der Waals surface area contributed by atoms with Crippen molar-refractivity contribution in [1.29, 1.82) is 0 Å². The number of benzene rings is 2. The Hall–Kier alpha value is -3.12. The molecule has 2 heterocycles. The maximum atomic E-state index is 12.5. The summed E-state index contributed by atoms with van der Waals surface area (Å²) in [7, 11) is 0. The van der Waals surface area contributed by atoms with Crippen LogP contribution in [0.2, 0.25) is 0 Å². The van der Waals surface area contributed by atoms with Crippen LogP contribution in [0.15, 0.2) is 65.6 Å². The molecule has 0 fully saturated rings. The normalized spacial score (nSPS) is 11.0. The predicted molar refractivity (Wildman–Crippen MR) is 123 cm³/mol. The molecule has 0 unspecified atom stereocenters. The molecule has 0 spiro atoms. The summed E-state index contributed by atoms with van der Waals surface area (Å²) in [6.45, 7) is 4.04. The first-order valence-electron chi connectivity index (χ1n) is 9.90. The average molecular weight is 417 g/mol. The second-order valence-electron chi connectivity index (χ2n) is 7.21. The number of rotatable bonds is 6. The fraction of sp³-hybridized carbons (Fsp3) is 0.208. The lowest BCUT2D eigenvalue weighted by Crippen LogP contribution is -2.14. The highest BCUT2D eigenvalue weighted by molar-refractivity contribution is 7.98. The van der Waals surface area contributed by atoms with Gasteiger partial charge in [0.05, 0.1) is 5.69 Å². The summed E-state index contributed by atoms with van der Waals surface area (Å²) in [6.07, 6.45) is 3.04. The van der Waals surface area contributed by atoms with Gasteiger partial charge >= 0.3 is 0 Å². The first-order valence-corrected chi connectivity index (χ1v) is 11.1. The highest BCUT2D eigenvalue weighted by Gasteiger charge is 2.14. The Labute approximate surface area is 180 Å². The van der Waals surface area contributed by atoms with Crippen LogP contribution in [0.25, 0.3) is 16.9 Å². The van der Waals surface area contributed by atoms with Gasteiger partial charge in [0, 0.05) is 40.0 Å². The van der Waals surface area contributed by atoms with Gasteiger partial charge in [-0.1, -0.05) is 36.4 Å². The van der Waals surface area contributed by atoms with Gasteiger partial charge in [0.15, 0.2) is 5.65 Å². The molecule has 4 aromatic rings. The number of fused-ring (bicyclic) bond motifs is 1. The molecule has 30 heavy (non-hydrogen) atoms. The highest BCUT2D eigenvalue weighted by Crippen LogP contribution is 2.23. The van der Waals surface area contributed by atoms with Crippen LogP contribution in [-0.2, 0) is 11.2 Å². The van der Waals surface area contributed by atoms with Crippen molar-refractivity contribution >= 4 is 29.0 Å². The Balaban J connectivity index is 1.53. The molecule has 0 bridgehead atoms. The van der Waals surface area contributed by atoms with Crippen molar-refractivity contribution in [3.63, 3.8) is 0 Å². The topological polar surface area (TPSA) is 59.3 Å². The number of aromatic nitrogens is 3. The zero-order valence-electron chi connectivity index (χ0n) is 17.3. The number of carbonyl (C=O) groups is 1. The summed E-state index contributed by atoms with van der Waals surface area (Å²) >= 11 is 1.66. The number of nitrogens with one attached hydrogen (secondary N) is 1. The van der Waals surface area contributed by atoms with Crippen molar-refractivity contribution in [2.45, 2.75) is 31.6 Å². The number of amides is 1. The van der Waals surface area contributed by atoms with Crippen LogP contribution < -0.4 is 5.32 Å². The van der Waals surface area contributed by atoms with Gasteiger partial charge in [-0.3, -0.25) is 4.79 Å². The minimum atomic E-state index is -0.00223. The lowest BCUT2D eigenvalue weighted by Gasteiger charge is -2.11. The fourth-order valence-corrected chi connectivity index (χ4v) is 4.06. The molecule has 0 atom stereocenters. The Morgan fingerprint density at radius 1 is 1.07 bits per heavy atom. The van der Waals surface area contributed by atoms with Gasteiger partial charge in [0.2, 0.25) is 5.91 Å². The number of hydrogen-bond acceptors (Lipinski definition) is 4. The number of nitrogens with zero attached hydrogens (tertiary/aromatic N) is 3. The van der Waals surface area contributed by atoms with Crippen LogP contribution in [0.1, 0.15) is 23.4 Å². The van der Waals surface area contributed by atoms with Crippen LogP contribution in [-0.4, -0.2) is 26.8 Å². The maximum absolute atomic E-state index is 12.5. The average Bonchev–Trinajstić information content (AvgIpc) is 3.18. The molecule has 0 radical (unpaired) electrons. The molecule has 0 aliphatic heterocycles.